The van der Waals surface area contributed by atoms with Gasteiger partial charge in [0.1, 0.15) is 17.4 Å². The summed E-state index contributed by atoms with van der Waals surface area (Å²) in [5.74, 6) is 0.853. The number of rotatable bonds is 6. The van der Waals surface area contributed by atoms with Crippen LogP contribution in [0.3, 0.4) is 0 Å². The zero-order valence-corrected chi connectivity index (χ0v) is 13.7. The Hall–Kier alpha value is -1.43. The van der Waals surface area contributed by atoms with Gasteiger partial charge >= 0.3 is 0 Å². The molecule has 0 saturated carbocycles. The molecule has 0 aliphatic heterocycles. The van der Waals surface area contributed by atoms with Crippen LogP contribution in [0, 0.1) is 6.92 Å². The molecule has 1 heterocycles. The maximum Gasteiger partial charge on any atom is 0.140 e. The summed E-state index contributed by atoms with van der Waals surface area (Å²) in [4.78, 5) is 5.35. The lowest BCUT2D eigenvalue weighted by Gasteiger charge is -2.16. The SMILES string of the molecule is COCc1nc(COc2ccccc2C)sc1C(C)(C)O. The zero-order chi connectivity index (χ0) is 15.5. The lowest BCUT2D eigenvalue weighted by molar-refractivity contribution is 0.0782. The maximum absolute atomic E-state index is 10.2. The lowest BCUT2D eigenvalue weighted by atomic mass is 10.1. The molecule has 0 radical (unpaired) electrons. The fraction of sp³-hybridized carbons (Fsp3) is 0.438. The van der Waals surface area contributed by atoms with Crippen LogP contribution in [0.25, 0.3) is 0 Å². The summed E-state index contributed by atoms with van der Waals surface area (Å²) in [6, 6.07) is 7.88. The van der Waals surface area contributed by atoms with Crippen molar-refractivity contribution in [3.05, 3.63) is 45.4 Å². The summed E-state index contributed by atoms with van der Waals surface area (Å²) in [6.07, 6.45) is 0. The van der Waals surface area contributed by atoms with Gasteiger partial charge in [0.25, 0.3) is 0 Å². The van der Waals surface area contributed by atoms with E-state index in [1.165, 1.54) is 11.3 Å². The molecule has 0 aliphatic carbocycles. The van der Waals surface area contributed by atoms with E-state index in [-0.39, 0.29) is 0 Å². The first-order chi connectivity index (χ1) is 9.91. The fourth-order valence-electron chi connectivity index (χ4n) is 2.03. The minimum atomic E-state index is -0.924. The van der Waals surface area contributed by atoms with E-state index in [0.717, 1.165) is 26.9 Å². The molecule has 0 bridgehead atoms. The normalized spacial score (nSPS) is 11.7. The lowest BCUT2D eigenvalue weighted by Crippen LogP contribution is -2.16. The van der Waals surface area contributed by atoms with Gasteiger partial charge in [-0.15, -0.1) is 11.3 Å². The number of benzene rings is 1. The van der Waals surface area contributed by atoms with Crippen LogP contribution in [0.2, 0.25) is 0 Å². The van der Waals surface area contributed by atoms with Gasteiger partial charge in [-0.1, -0.05) is 18.2 Å². The Kier molecular flexibility index (Phi) is 4.98. The van der Waals surface area contributed by atoms with E-state index in [4.69, 9.17) is 9.47 Å². The second kappa shape index (κ2) is 6.56. The molecule has 0 fully saturated rings. The quantitative estimate of drug-likeness (QED) is 0.888. The number of nitrogens with zero attached hydrogens (tertiary/aromatic N) is 1. The number of hydrogen-bond acceptors (Lipinski definition) is 5. The van der Waals surface area contributed by atoms with Crippen molar-refractivity contribution in [3.63, 3.8) is 0 Å². The van der Waals surface area contributed by atoms with Crippen LogP contribution in [-0.4, -0.2) is 17.2 Å². The van der Waals surface area contributed by atoms with E-state index >= 15 is 0 Å². The highest BCUT2D eigenvalue weighted by atomic mass is 32.1. The van der Waals surface area contributed by atoms with Gasteiger partial charge in [0, 0.05) is 7.11 Å². The van der Waals surface area contributed by atoms with Gasteiger partial charge in [-0.05, 0) is 32.4 Å². The Morgan fingerprint density at radius 3 is 2.57 bits per heavy atom. The number of aryl methyl sites for hydroxylation is 1. The minimum Gasteiger partial charge on any atom is -0.486 e. The van der Waals surface area contributed by atoms with Gasteiger partial charge in [0.15, 0.2) is 0 Å². The fourth-order valence-corrected chi connectivity index (χ4v) is 3.01. The van der Waals surface area contributed by atoms with Crippen molar-refractivity contribution in [1.29, 1.82) is 0 Å². The molecule has 2 rings (SSSR count). The summed E-state index contributed by atoms with van der Waals surface area (Å²) in [7, 11) is 1.62. The number of ether oxygens (including phenoxy) is 2. The summed E-state index contributed by atoms with van der Waals surface area (Å²) < 4.78 is 11.0. The summed E-state index contributed by atoms with van der Waals surface area (Å²) in [5, 5.41) is 11.0. The van der Waals surface area contributed by atoms with Gasteiger partial charge in [0.05, 0.1) is 22.8 Å². The Bertz CT molecular complexity index is 602. The molecule has 4 nitrogen and oxygen atoms in total. The first-order valence-electron chi connectivity index (χ1n) is 6.80. The predicted octanol–water partition coefficient (Wildman–Crippen LogP) is 3.40. The third-order valence-electron chi connectivity index (χ3n) is 3.02. The Balaban J connectivity index is 2.16. The Morgan fingerprint density at radius 2 is 1.95 bits per heavy atom. The highest BCUT2D eigenvalue weighted by Gasteiger charge is 2.25. The number of aliphatic hydroxyl groups is 1. The molecule has 1 aromatic carbocycles. The van der Waals surface area contributed by atoms with Crippen molar-refractivity contribution in [2.45, 2.75) is 39.6 Å². The maximum atomic E-state index is 10.2. The molecular formula is C16H21NO3S. The summed E-state index contributed by atoms with van der Waals surface area (Å²) >= 11 is 1.47. The van der Waals surface area contributed by atoms with Crippen molar-refractivity contribution >= 4 is 11.3 Å². The van der Waals surface area contributed by atoms with Crippen LogP contribution in [0.5, 0.6) is 5.75 Å². The topological polar surface area (TPSA) is 51.6 Å². The smallest absolute Gasteiger partial charge is 0.140 e. The average molecular weight is 307 g/mol. The molecule has 0 spiro atoms. The minimum absolute atomic E-state index is 0.389. The van der Waals surface area contributed by atoms with Crippen molar-refractivity contribution in [2.24, 2.45) is 0 Å². The van der Waals surface area contributed by atoms with Crippen molar-refractivity contribution < 1.29 is 14.6 Å². The van der Waals surface area contributed by atoms with Gasteiger partial charge in [-0.25, -0.2) is 4.98 Å². The van der Waals surface area contributed by atoms with Crippen molar-refractivity contribution in [3.8, 4) is 5.75 Å². The monoisotopic (exact) mass is 307 g/mol. The molecule has 0 aliphatic rings. The third kappa shape index (κ3) is 4.03. The average Bonchev–Trinajstić information content (AvgIpc) is 2.81. The molecule has 0 amide bonds. The largest absolute Gasteiger partial charge is 0.486 e. The molecule has 0 unspecified atom stereocenters. The molecule has 0 atom stereocenters. The summed E-state index contributed by atoms with van der Waals surface area (Å²) in [5.41, 5.74) is 0.944. The highest BCUT2D eigenvalue weighted by molar-refractivity contribution is 7.11. The van der Waals surface area contributed by atoms with E-state index in [1.807, 2.05) is 31.2 Å². The van der Waals surface area contributed by atoms with E-state index in [0.29, 0.717) is 13.2 Å². The van der Waals surface area contributed by atoms with Crippen LogP contribution in [-0.2, 0) is 23.6 Å². The molecule has 1 N–H and O–H groups in total. The second-order valence-electron chi connectivity index (χ2n) is 5.43. The van der Waals surface area contributed by atoms with Gasteiger partial charge in [-0.3, -0.25) is 0 Å². The van der Waals surface area contributed by atoms with Crippen LogP contribution >= 0.6 is 11.3 Å². The van der Waals surface area contributed by atoms with E-state index in [1.54, 1.807) is 21.0 Å². The predicted molar refractivity (Wildman–Crippen MR) is 83.6 cm³/mol. The van der Waals surface area contributed by atoms with Crippen molar-refractivity contribution in [1.82, 2.24) is 4.98 Å². The molecule has 114 valence electrons. The van der Waals surface area contributed by atoms with Crippen LogP contribution in [0.15, 0.2) is 24.3 Å². The van der Waals surface area contributed by atoms with Gasteiger partial charge < -0.3 is 14.6 Å². The molecule has 0 saturated heterocycles. The number of para-hydroxylation sites is 1. The highest BCUT2D eigenvalue weighted by Crippen LogP contribution is 2.31. The number of methoxy groups -OCH3 is 1. The second-order valence-corrected chi connectivity index (χ2v) is 6.51. The zero-order valence-electron chi connectivity index (χ0n) is 12.8. The number of aromatic nitrogens is 1. The van der Waals surface area contributed by atoms with Crippen LogP contribution in [0.4, 0.5) is 0 Å². The van der Waals surface area contributed by atoms with Crippen LogP contribution in [0.1, 0.15) is 35.0 Å². The van der Waals surface area contributed by atoms with E-state index in [2.05, 4.69) is 4.98 Å². The number of hydrogen-bond donors (Lipinski definition) is 1. The molecule has 1 aromatic heterocycles. The first-order valence-corrected chi connectivity index (χ1v) is 7.62. The molecular weight excluding hydrogens is 286 g/mol. The van der Waals surface area contributed by atoms with Gasteiger partial charge in [-0.2, -0.15) is 0 Å². The van der Waals surface area contributed by atoms with E-state index < -0.39 is 5.60 Å². The Labute approximate surface area is 129 Å². The third-order valence-corrected chi connectivity index (χ3v) is 4.41. The Morgan fingerprint density at radius 1 is 1.24 bits per heavy atom. The summed E-state index contributed by atoms with van der Waals surface area (Å²) in [6.45, 7) is 6.30. The van der Waals surface area contributed by atoms with Crippen LogP contribution < -0.4 is 4.74 Å². The van der Waals surface area contributed by atoms with Gasteiger partial charge in [0.2, 0.25) is 0 Å². The molecule has 5 heteroatoms. The van der Waals surface area contributed by atoms with Crippen molar-refractivity contribution in [2.75, 3.05) is 7.11 Å². The molecule has 21 heavy (non-hydrogen) atoms. The first kappa shape index (κ1) is 15.9. The standard InChI is InChI=1S/C16H21NO3S/c1-11-7-5-6-8-13(11)20-10-14-17-12(9-19-4)15(21-14)16(2,3)18/h5-8,18H,9-10H2,1-4H3. The van der Waals surface area contributed by atoms with E-state index in [9.17, 15) is 5.11 Å². The number of thiazole rings is 1. The molecule has 2 aromatic rings.